The summed E-state index contributed by atoms with van der Waals surface area (Å²) in [5.41, 5.74) is 6.78. The van der Waals surface area contributed by atoms with E-state index in [1.165, 1.54) is 4.88 Å². The molecule has 5 heteroatoms. The van der Waals surface area contributed by atoms with Crippen molar-refractivity contribution in [3.05, 3.63) is 29.9 Å². The van der Waals surface area contributed by atoms with Gasteiger partial charge >= 0.3 is 0 Å². The number of thiophene rings is 1. The number of nitrogens with two attached hydrogens (primary N) is 1. The van der Waals surface area contributed by atoms with Crippen LogP contribution in [0.5, 0.6) is 0 Å². The summed E-state index contributed by atoms with van der Waals surface area (Å²) < 4.78 is 0. The van der Waals surface area contributed by atoms with Crippen LogP contribution < -0.4 is 10.6 Å². The van der Waals surface area contributed by atoms with Crippen molar-refractivity contribution in [1.82, 2.24) is 9.97 Å². The summed E-state index contributed by atoms with van der Waals surface area (Å²) in [6.07, 6.45) is 3.71. The van der Waals surface area contributed by atoms with Crippen molar-refractivity contribution in [2.24, 2.45) is 5.73 Å². The minimum absolute atomic E-state index is 0.259. The van der Waals surface area contributed by atoms with Crippen molar-refractivity contribution in [2.75, 3.05) is 18.5 Å². The average Bonchev–Trinajstić information content (AvgIpc) is 2.80. The summed E-state index contributed by atoms with van der Waals surface area (Å²) in [4.78, 5) is 11.9. The Balaban J connectivity index is 2.13. The molecule has 0 atom stereocenters. The first-order chi connectivity index (χ1) is 8.46. The van der Waals surface area contributed by atoms with E-state index in [-0.39, 0.29) is 5.54 Å². The first-order valence-electron chi connectivity index (χ1n) is 5.82. The van der Waals surface area contributed by atoms with Gasteiger partial charge in [0.25, 0.3) is 0 Å². The van der Waals surface area contributed by atoms with E-state index in [2.05, 4.69) is 16.0 Å². The fourth-order valence-corrected chi connectivity index (χ4v) is 2.47. The Labute approximate surface area is 111 Å². The first kappa shape index (κ1) is 13.0. The van der Waals surface area contributed by atoms with Gasteiger partial charge in [0, 0.05) is 42.0 Å². The Morgan fingerprint density at radius 1 is 1.33 bits per heavy atom. The highest BCUT2D eigenvalue weighted by Gasteiger charge is 2.15. The van der Waals surface area contributed by atoms with E-state index in [9.17, 15) is 0 Å². The van der Waals surface area contributed by atoms with E-state index in [0.717, 1.165) is 5.56 Å². The zero-order valence-corrected chi connectivity index (χ0v) is 11.7. The number of rotatable bonds is 4. The van der Waals surface area contributed by atoms with Crippen LogP contribution in [0, 0.1) is 0 Å². The second-order valence-electron chi connectivity index (χ2n) is 5.09. The molecule has 0 amide bonds. The molecule has 2 N–H and O–H groups in total. The zero-order valence-electron chi connectivity index (χ0n) is 10.9. The summed E-state index contributed by atoms with van der Waals surface area (Å²) >= 11 is 1.69. The predicted octanol–water partition coefficient (Wildman–Crippen LogP) is 2.38. The van der Waals surface area contributed by atoms with Crippen LogP contribution in [0.4, 0.5) is 5.95 Å². The minimum atomic E-state index is -0.259. The third-order valence-electron chi connectivity index (χ3n) is 2.43. The molecule has 2 rings (SSSR count). The van der Waals surface area contributed by atoms with E-state index >= 15 is 0 Å². The van der Waals surface area contributed by atoms with Crippen LogP contribution in [-0.4, -0.2) is 29.1 Å². The van der Waals surface area contributed by atoms with Crippen LogP contribution >= 0.6 is 11.3 Å². The van der Waals surface area contributed by atoms with Gasteiger partial charge in [0.05, 0.1) is 0 Å². The molecule has 0 unspecified atom stereocenters. The molecule has 0 fully saturated rings. The number of nitrogens with zero attached hydrogens (tertiary/aromatic N) is 3. The van der Waals surface area contributed by atoms with Crippen molar-refractivity contribution in [3.63, 3.8) is 0 Å². The molecule has 0 aromatic carbocycles. The Bertz CT molecular complexity index is 485. The Morgan fingerprint density at radius 3 is 2.50 bits per heavy atom. The van der Waals surface area contributed by atoms with E-state index < -0.39 is 0 Å². The molecule has 0 saturated heterocycles. The first-order valence-corrected chi connectivity index (χ1v) is 6.70. The van der Waals surface area contributed by atoms with E-state index in [0.29, 0.717) is 12.5 Å². The average molecular weight is 262 g/mol. The summed E-state index contributed by atoms with van der Waals surface area (Å²) in [7, 11) is 1.95. The number of hydrogen-bond donors (Lipinski definition) is 1. The zero-order chi connectivity index (χ0) is 13.2. The van der Waals surface area contributed by atoms with Gasteiger partial charge in [0.1, 0.15) is 0 Å². The van der Waals surface area contributed by atoms with Crippen LogP contribution in [0.15, 0.2) is 29.9 Å². The summed E-state index contributed by atoms with van der Waals surface area (Å²) in [6, 6.07) is 4.09. The third-order valence-corrected chi connectivity index (χ3v) is 3.35. The lowest BCUT2D eigenvalue weighted by atomic mass is 10.1. The van der Waals surface area contributed by atoms with E-state index in [1.54, 1.807) is 11.3 Å². The molecule has 2 aromatic heterocycles. The number of aromatic nitrogens is 2. The van der Waals surface area contributed by atoms with E-state index in [4.69, 9.17) is 5.73 Å². The van der Waals surface area contributed by atoms with Crippen molar-refractivity contribution in [3.8, 4) is 10.4 Å². The SMILES string of the molecule is CN(CC(C)(C)N)c1ncc(-c2cccs2)cn1. The molecule has 0 saturated carbocycles. The molecule has 0 aliphatic carbocycles. The molecule has 0 spiro atoms. The molecule has 0 bridgehead atoms. The second-order valence-corrected chi connectivity index (χ2v) is 6.04. The highest BCUT2D eigenvalue weighted by atomic mass is 32.1. The maximum atomic E-state index is 5.99. The Hall–Kier alpha value is -1.46. The lowest BCUT2D eigenvalue weighted by Gasteiger charge is -2.26. The van der Waals surface area contributed by atoms with Crippen molar-refractivity contribution >= 4 is 17.3 Å². The standard InChI is InChI=1S/C13H18N4S/c1-13(2,14)9-17(3)12-15-7-10(8-16-12)11-5-4-6-18-11/h4-8H,9,14H2,1-3H3. The monoisotopic (exact) mass is 262 g/mol. The van der Waals surface area contributed by atoms with Crippen molar-refractivity contribution in [1.29, 1.82) is 0 Å². The molecule has 4 nitrogen and oxygen atoms in total. The molecule has 2 aromatic rings. The van der Waals surface area contributed by atoms with Crippen LogP contribution in [0.25, 0.3) is 10.4 Å². The van der Waals surface area contributed by atoms with Gasteiger partial charge in [-0.3, -0.25) is 0 Å². The molecule has 2 heterocycles. The molecule has 96 valence electrons. The molecule has 0 radical (unpaired) electrons. The highest BCUT2D eigenvalue weighted by molar-refractivity contribution is 7.13. The third kappa shape index (κ3) is 3.27. The topological polar surface area (TPSA) is 55.0 Å². The molecular formula is C13H18N4S. The largest absolute Gasteiger partial charge is 0.342 e. The Kier molecular flexibility index (Phi) is 3.63. The molecule has 0 aliphatic rings. The summed E-state index contributed by atoms with van der Waals surface area (Å²) in [6.45, 7) is 4.69. The summed E-state index contributed by atoms with van der Waals surface area (Å²) in [5, 5.41) is 2.05. The van der Waals surface area contributed by atoms with Crippen LogP contribution in [-0.2, 0) is 0 Å². The fraction of sp³-hybridized carbons (Fsp3) is 0.385. The normalized spacial score (nSPS) is 11.6. The maximum absolute atomic E-state index is 5.99. The smallest absolute Gasteiger partial charge is 0.225 e. The number of anilines is 1. The van der Waals surface area contributed by atoms with Gasteiger partial charge in [-0.15, -0.1) is 11.3 Å². The molecule has 0 aliphatic heterocycles. The minimum Gasteiger partial charge on any atom is -0.342 e. The van der Waals surface area contributed by atoms with Gasteiger partial charge in [0.2, 0.25) is 5.95 Å². The molecular weight excluding hydrogens is 244 g/mol. The van der Waals surface area contributed by atoms with Crippen molar-refractivity contribution in [2.45, 2.75) is 19.4 Å². The Morgan fingerprint density at radius 2 is 2.00 bits per heavy atom. The highest BCUT2D eigenvalue weighted by Crippen LogP contribution is 2.23. The van der Waals surface area contributed by atoms with E-state index in [1.807, 2.05) is 49.6 Å². The quantitative estimate of drug-likeness (QED) is 0.919. The van der Waals surface area contributed by atoms with Crippen LogP contribution in [0.2, 0.25) is 0 Å². The second kappa shape index (κ2) is 5.04. The van der Waals surface area contributed by atoms with Crippen LogP contribution in [0.1, 0.15) is 13.8 Å². The maximum Gasteiger partial charge on any atom is 0.225 e. The lowest BCUT2D eigenvalue weighted by molar-refractivity contribution is 0.515. The van der Waals surface area contributed by atoms with Gasteiger partial charge < -0.3 is 10.6 Å². The fourth-order valence-electron chi connectivity index (χ4n) is 1.77. The number of likely N-dealkylation sites (N-methyl/N-ethyl adjacent to an activating group) is 1. The number of hydrogen-bond acceptors (Lipinski definition) is 5. The van der Waals surface area contributed by atoms with Gasteiger partial charge in [-0.1, -0.05) is 6.07 Å². The van der Waals surface area contributed by atoms with Crippen molar-refractivity contribution < 1.29 is 0 Å². The van der Waals surface area contributed by atoms with Gasteiger partial charge in [0.15, 0.2) is 0 Å². The molecule has 18 heavy (non-hydrogen) atoms. The summed E-state index contributed by atoms with van der Waals surface area (Å²) in [5.74, 6) is 0.703. The predicted molar refractivity (Wildman–Crippen MR) is 76.9 cm³/mol. The lowest BCUT2D eigenvalue weighted by Crippen LogP contribution is -2.44. The van der Waals surface area contributed by atoms with Gasteiger partial charge in [-0.25, -0.2) is 9.97 Å². The van der Waals surface area contributed by atoms with Gasteiger partial charge in [-0.2, -0.15) is 0 Å². The van der Waals surface area contributed by atoms with Crippen LogP contribution in [0.3, 0.4) is 0 Å². The van der Waals surface area contributed by atoms with Gasteiger partial charge in [-0.05, 0) is 25.3 Å².